The number of rotatable bonds is 4. The Balaban J connectivity index is 1.94. The molecule has 1 aliphatic heterocycles. The largest absolute Gasteiger partial charge is 0.352 e. The van der Waals surface area contributed by atoms with Gasteiger partial charge in [0.25, 0.3) is 0 Å². The number of benzene rings is 1. The van der Waals surface area contributed by atoms with Crippen molar-refractivity contribution in [1.82, 2.24) is 15.1 Å². The Morgan fingerprint density at radius 3 is 2.78 bits per heavy atom. The summed E-state index contributed by atoms with van der Waals surface area (Å²) in [5, 5.41) is 3.84. The molecule has 1 heterocycles. The first-order valence-electron chi connectivity index (χ1n) is 8.25. The zero-order chi connectivity index (χ0) is 17.0. The topological polar surface area (TPSA) is 35.6 Å². The molecule has 128 valence electrons. The molecule has 0 aromatic heterocycles. The van der Waals surface area contributed by atoms with Crippen LogP contribution in [0.25, 0.3) is 0 Å². The average Bonchev–Trinajstić information content (AvgIpc) is 2.70. The minimum atomic E-state index is 0.0597. The molecule has 1 aromatic carbocycles. The number of nitrogens with one attached hydrogen (secondary N) is 1. The minimum absolute atomic E-state index is 0.0597. The van der Waals surface area contributed by atoms with Crippen LogP contribution in [0.4, 0.5) is 0 Å². The number of amides is 1. The average molecular weight is 338 g/mol. The van der Waals surface area contributed by atoms with Gasteiger partial charge in [0.05, 0.1) is 5.92 Å². The molecule has 0 bridgehead atoms. The molecule has 2 atom stereocenters. The summed E-state index contributed by atoms with van der Waals surface area (Å²) >= 11 is 6.14. The quantitative estimate of drug-likeness (QED) is 0.917. The van der Waals surface area contributed by atoms with Gasteiger partial charge < -0.3 is 15.1 Å². The second-order valence-electron chi connectivity index (χ2n) is 6.85. The molecule has 0 spiro atoms. The first kappa shape index (κ1) is 18.2. The summed E-state index contributed by atoms with van der Waals surface area (Å²) in [6, 6.07) is 6.35. The van der Waals surface area contributed by atoms with Gasteiger partial charge in [-0.1, -0.05) is 23.7 Å². The van der Waals surface area contributed by atoms with Crippen molar-refractivity contribution in [3.8, 4) is 0 Å². The standard InChI is InChI=1S/C18H28ClN3O/c1-13-14(6-5-7-17(13)19)10-20-18(23)15-8-9-16(21(2)3)12-22(4)11-15/h5-7,15-16H,8-12H2,1-4H3,(H,20,23)/t15-,16+/m1/s1. The number of hydrogen-bond acceptors (Lipinski definition) is 3. The third kappa shape index (κ3) is 4.93. The van der Waals surface area contributed by atoms with Crippen LogP contribution in [0.1, 0.15) is 24.0 Å². The Kier molecular flexibility index (Phi) is 6.45. The van der Waals surface area contributed by atoms with Crippen molar-refractivity contribution in [2.75, 3.05) is 34.2 Å². The lowest BCUT2D eigenvalue weighted by Gasteiger charge is -2.25. The van der Waals surface area contributed by atoms with Crippen LogP contribution in [0, 0.1) is 12.8 Å². The molecule has 23 heavy (non-hydrogen) atoms. The highest BCUT2D eigenvalue weighted by atomic mass is 35.5. The fraction of sp³-hybridized carbons (Fsp3) is 0.611. The number of carbonyl (C=O) groups is 1. The summed E-state index contributed by atoms with van der Waals surface area (Å²) in [6.45, 7) is 4.38. The van der Waals surface area contributed by atoms with Crippen molar-refractivity contribution in [3.63, 3.8) is 0 Å². The van der Waals surface area contributed by atoms with Crippen LogP contribution in [-0.4, -0.2) is 56.0 Å². The molecule has 0 radical (unpaired) electrons. The van der Waals surface area contributed by atoms with Crippen LogP contribution in [0.2, 0.25) is 5.02 Å². The predicted molar refractivity (Wildman–Crippen MR) is 95.7 cm³/mol. The van der Waals surface area contributed by atoms with Gasteiger partial charge in [-0.05, 0) is 58.1 Å². The Hall–Kier alpha value is -1.10. The molecule has 1 fully saturated rings. The maximum Gasteiger partial charge on any atom is 0.224 e. The molecule has 0 saturated carbocycles. The molecule has 0 aliphatic carbocycles. The molecule has 0 unspecified atom stereocenters. The monoisotopic (exact) mass is 337 g/mol. The molecule has 4 nitrogen and oxygen atoms in total. The summed E-state index contributed by atoms with van der Waals surface area (Å²) in [5.74, 6) is 0.208. The van der Waals surface area contributed by atoms with Crippen molar-refractivity contribution < 1.29 is 4.79 Å². The Morgan fingerprint density at radius 1 is 1.35 bits per heavy atom. The van der Waals surface area contributed by atoms with Crippen molar-refractivity contribution in [1.29, 1.82) is 0 Å². The van der Waals surface area contributed by atoms with Crippen LogP contribution >= 0.6 is 11.6 Å². The van der Waals surface area contributed by atoms with E-state index in [0.29, 0.717) is 12.6 Å². The van der Waals surface area contributed by atoms with Crippen molar-refractivity contribution in [2.45, 2.75) is 32.4 Å². The number of carbonyl (C=O) groups excluding carboxylic acids is 1. The van der Waals surface area contributed by atoms with E-state index in [9.17, 15) is 4.79 Å². The number of hydrogen-bond donors (Lipinski definition) is 1. The van der Waals surface area contributed by atoms with Crippen LogP contribution in [0.3, 0.4) is 0 Å². The van der Waals surface area contributed by atoms with Gasteiger partial charge in [0.15, 0.2) is 0 Å². The predicted octanol–water partition coefficient (Wildman–Crippen LogP) is 2.54. The SMILES string of the molecule is Cc1c(Cl)cccc1CNC(=O)[C@@H]1CC[C@H](N(C)C)CN(C)C1. The first-order chi connectivity index (χ1) is 10.9. The maximum absolute atomic E-state index is 12.6. The number of likely N-dealkylation sites (tertiary alicyclic amines) is 1. The Morgan fingerprint density at radius 2 is 2.09 bits per heavy atom. The van der Waals surface area contributed by atoms with Crippen molar-refractivity contribution >= 4 is 17.5 Å². The summed E-state index contributed by atoms with van der Waals surface area (Å²) in [7, 11) is 6.32. The molecule has 1 aromatic rings. The summed E-state index contributed by atoms with van der Waals surface area (Å²) < 4.78 is 0. The second-order valence-corrected chi connectivity index (χ2v) is 7.26. The van der Waals surface area contributed by atoms with Gasteiger partial charge in [0.1, 0.15) is 0 Å². The zero-order valence-electron chi connectivity index (χ0n) is 14.6. The third-order valence-corrected chi connectivity index (χ3v) is 5.25. The van der Waals surface area contributed by atoms with Gasteiger partial charge in [-0.15, -0.1) is 0 Å². The first-order valence-corrected chi connectivity index (χ1v) is 8.63. The molecule has 2 rings (SSSR count). The van der Waals surface area contributed by atoms with Gasteiger partial charge in [0.2, 0.25) is 5.91 Å². The fourth-order valence-electron chi connectivity index (χ4n) is 3.19. The van der Waals surface area contributed by atoms with Gasteiger partial charge in [-0.25, -0.2) is 0 Å². The molecule has 1 amide bonds. The van der Waals surface area contributed by atoms with Gasteiger partial charge in [-0.2, -0.15) is 0 Å². The van der Waals surface area contributed by atoms with E-state index in [-0.39, 0.29) is 11.8 Å². The molecule has 5 heteroatoms. The van der Waals surface area contributed by atoms with Crippen LogP contribution in [0.15, 0.2) is 18.2 Å². The third-order valence-electron chi connectivity index (χ3n) is 4.84. The van der Waals surface area contributed by atoms with E-state index < -0.39 is 0 Å². The lowest BCUT2D eigenvalue weighted by atomic mass is 10.0. The lowest BCUT2D eigenvalue weighted by Crippen LogP contribution is -2.39. The van der Waals surface area contributed by atoms with E-state index in [4.69, 9.17) is 11.6 Å². The number of nitrogens with zero attached hydrogens (tertiary/aromatic N) is 2. The van der Waals surface area contributed by atoms with E-state index in [0.717, 1.165) is 42.1 Å². The fourth-order valence-corrected chi connectivity index (χ4v) is 3.39. The van der Waals surface area contributed by atoms with Crippen molar-refractivity contribution in [2.24, 2.45) is 5.92 Å². The minimum Gasteiger partial charge on any atom is -0.352 e. The van der Waals surface area contributed by atoms with Crippen LogP contribution in [0.5, 0.6) is 0 Å². The Bertz CT molecular complexity index is 547. The molecular formula is C18H28ClN3O. The normalized spacial score (nSPS) is 22.9. The summed E-state index contributed by atoms with van der Waals surface area (Å²) in [5.41, 5.74) is 2.12. The second kappa shape index (κ2) is 8.13. The van der Waals surface area contributed by atoms with E-state index in [1.54, 1.807) is 0 Å². The summed E-state index contributed by atoms with van der Waals surface area (Å²) in [6.07, 6.45) is 2.00. The van der Waals surface area contributed by atoms with Gasteiger partial charge in [-0.3, -0.25) is 4.79 Å². The highest BCUT2D eigenvalue weighted by molar-refractivity contribution is 6.31. The molecular weight excluding hydrogens is 310 g/mol. The molecule has 1 saturated heterocycles. The van der Waals surface area contributed by atoms with E-state index in [1.165, 1.54) is 0 Å². The zero-order valence-corrected chi connectivity index (χ0v) is 15.4. The van der Waals surface area contributed by atoms with E-state index in [1.807, 2.05) is 25.1 Å². The highest BCUT2D eigenvalue weighted by Crippen LogP contribution is 2.20. The Labute approximate surface area is 144 Å². The molecule has 1 aliphatic rings. The van der Waals surface area contributed by atoms with Crippen molar-refractivity contribution in [3.05, 3.63) is 34.3 Å². The van der Waals surface area contributed by atoms with Crippen LogP contribution in [-0.2, 0) is 11.3 Å². The summed E-state index contributed by atoms with van der Waals surface area (Å²) in [4.78, 5) is 17.1. The maximum atomic E-state index is 12.6. The van der Waals surface area contributed by atoms with Crippen LogP contribution < -0.4 is 5.32 Å². The van der Waals surface area contributed by atoms with E-state index in [2.05, 4.69) is 36.3 Å². The molecule has 1 N–H and O–H groups in total. The lowest BCUT2D eigenvalue weighted by molar-refractivity contribution is -0.125. The highest BCUT2D eigenvalue weighted by Gasteiger charge is 2.27. The van der Waals surface area contributed by atoms with Gasteiger partial charge >= 0.3 is 0 Å². The smallest absolute Gasteiger partial charge is 0.224 e. The van der Waals surface area contributed by atoms with Gasteiger partial charge in [0, 0.05) is 30.7 Å². The van der Waals surface area contributed by atoms with E-state index >= 15 is 0 Å². The number of likely N-dealkylation sites (N-methyl/N-ethyl adjacent to an activating group) is 2. The number of halogens is 1.